The molecule has 2 aliphatic rings. The molecule has 0 amide bonds. The molecule has 0 saturated heterocycles. The van der Waals surface area contributed by atoms with Gasteiger partial charge in [-0.05, 0) is 31.9 Å². The first-order chi connectivity index (χ1) is 6.29. The van der Waals surface area contributed by atoms with Crippen molar-refractivity contribution in [3.63, 3.8) is 0 Å². The van der Waals surface area contributed by atoms with E-state index in [1.54, 1.807) is 0 Å². The second-order valence-corrected chi connectivity index (χ2v) is 5.48. The highest BCUT2D eigenvalue weighted by Crippen LogP contribution is 2.30. The second kappa shape index (κ2) is 4.20. The average molecular weight is 200 g/mol. The summed E-state index contributed by atoms with van der Waals surface area (Å²) >= 11 is 2.02. The zero-order chi connectivity index (χ0) is 9.26. The van der Waals surface area contributed by atoms with Crippen molar-refractivity contribution in [2.45, 2.75) is 55.5 Å². The molecule has 2 aliphatic carbocycles. The highest BCUT2D eigenvalue weighted by molar-refractivity contribution is 7.99. The third-order valence-electron chi connectivity index (χ3n) is 3.38. The fraction of sp³-hybridized carbons (Fsp3) is 1.00. The minimum atomic E-state index is 0.478. The molecule has 0 aromatic heterocycles. The Bertz CT molecular complexity index is 168. The summed E-state index contributed by atoms with van der Waals surface area (Å²) in [5.41, 5.74) is 5.77. The highest BCUT2D eigenvalue weighted by Gasteiger charge is 2.32. The van der Waals surface area contributed by atoms with Gasteiger partial charge >= 0.3 is 0 Å². The molecular formula is C10H20N2S. The van der Waals surface area contributed by atoms with Gasteiger partial charge < -0.3 is 11.1 Å². The molecule has 0 aromatic rings. The summed E-state index contributed by atoms with van der Waals surface area (Å²) in [6.45, 7) is 0. The maximum atomic E-state index is 5.77. The van der Waals surface area contributed by atoms with Crippen molar-refractivity contribution in [3.8, 4) is 0 Å². The minimum Gasteiger partial charge on any atom is -0.328 e. The first-order valence-corrected chi connectivity index (χ1v) is 6.63. The number of hydrogen-bond donors (Lipinski definition) is 2. The van der Waals surface area contributed by atoms with Gasteiger partial charge in [0.1, 0.15) is 0 Å². The molecule has 0 aliphatic heterocycles. The van der Waals surface area contributed by atoms with E-state index in [1.807, 2.05) is 11.8 Å². The summed E-state index contributed by atoms with van der Waals surface area (Å²) < 4.78 is 0. The Kier molecular flexibility index (Phi) is 3.17. The lowest BCUT2D eigenvalue weighted by molar-refractivity contribution is 0.268. The standard InChI is InChI=1S/C10H20N2S/c1-13-10-4-2-3-9(10)12-8-5-7(11)6-8/h7-10,12H,2-6,11H2,1H3. The van der Waals surface area contributed by atoms with E-state index in [0.717, 1.165) is 17.3 Å². The Hall–Kier alpha value is 0.270. The van der Waals surface area contributed by atoms with Crippen LogP contribution in [0.15, 0.2) is 0 Å². The van der Waals surface area contributed by atoms with E-state index in [9.17, 15) is 0 Å². The molecule has 0 radical (unpaired) electrons. The van der Waals surface area contributed by atoms with Gasteiger partial charge in [-0.3, -0.25) is 0 Å². The fourth-order valence-electron chi connectivity index (χ4n) is 2.50. The Morgan fingerprint density at radius 3 is 2.69 bits per heavy atom. The van der Waals surface area contributed by atoms with Crippen LogP contribution in [0.5, 0.6) is 0 Å². The molecule has 0 aromatic carbocycles. The predicted molar refractivity (Wildman–Crippen MR) is 59.1 cm³/mol. The Labute approximate surface area is 85.0 Å². The van der Waals surface area contributed by atoms with Crippen LogP contribution in [0.1, 0.15) is 32.1 Å². The number of nitrogens with one attached hydrogen (secondary N) is 1. The molecule has 0 spiro atoms. The van der Waals surface area contributed by atoms with Gasteiger partial charge in [0.2, 0.25) is 0 Å². The molecule has 76 valence electrons. The van der Waals surface area contributed by atoms with E-state index in [-0.39, 0.29) is 0 Å². The van der Waals surface area contributed by atoms with Gasteiger partial charge in [0.05, 0.1) is 0 Å². The van der Waals surface area contributed by atoms with Crippen LogP contribution in [-0.2, 0) is 0 Å². The van der Waals surface area contributed by atoms with Gasteiger partial charge in [0.15, 0.2) is 0 Å². The molecule has 2 fully saturated rings. The maximum absolute atomic E-state index is 5.77. The highest BCUT2D eigenvalue weighted by atomic mass is 32.2. The summed E-state index contributed by atoms with van der Waals surface area (Å²) in [4.78, 5) is 0. The number of hydrogen-bond acceptors (Lipinski definition) is 3. The third kappa shape index (κ3) is 2.20. The number of thioether (sulfide) groups is 1. The zero-order valence-electron chi connectivity index (χ0n) is 8.33. The largest absolute Gasteiger partial charge is 0.328 e. The Morgan fingerprint density at radius 1 is 1.31 bits per heavy atom. The Balaban J connectivity index is 1.74. The molecule has 3 N–H and O–H groups in total. The van der Waals surface area contributed by atoms with Crippen molar-refractivity contribution in [3.05, 3.63) is 0 Å². The lowest BCUT2D eigenvalue weighted by atomic mass is 9.87. The maximum Gasteiger partial charge on any atom is 0.0198 e. The normalized spacial score (nSPS) is 44.8. The third-order valence-corrected chi connectivity index (χ3v) is 4.55. The first-order valence-electron chi connectivity index (χ1n) is 5.34. The smallest absolute Gasteiger partial charge is 0.0198 e. The van der Waals surface area contributed by atoms with Crippen LogP contribution in [0.25, 0.3) is 0 Å². The molecule has 0 heterocycles. The lowest BCUT2D eigenvalue weighted by Crippen LogP contribution is -2.52. The summed E-state index contributed by atoms with van der Waals surface area (Å²) in [6.07, 6.45) is 8.79. The molecule has 2 nitrogen and oxygen atoms in total. The van der Waals surface area contributed by atoms with Crippen LogP contribution in [0, 0.1) is 0 Å². The van der Waals surface area contributed by atoms with Crippen molar-refractivity contribution in [1.29, 1.82) is 0 Å². The zero-order valence-corrected chi connectivity index (χ0v) is 9.15. The summed E-state index contributed by atoms with van der Waals surface area (Å²) in [5, 5.41) is 4.60. The number of rotatable bonds is 3. The van der Waals surface area contributed by atoms with Crippen LogP contribution in [0.3, 0.4) is 0 Å². The predicted octanol–water partition coefficient (Wildman–Crippen LogP) is 1.35. The quantitative estimate of drug-likeness (QED) is 0.722. The van der Waals surface area contributed by atoms with Crippen LogP contribution < -0.4 is 11.1 Å². The summed E-state index contributed by atoms with van der Waals surface area (Å²) in [6, 6.07) is 1.98. The Morgan fingerprint density at radius 2 is 2.08 bits per heavy atom. The second-order valence-electron chi connectivity index (χ2n) is 4.41. The van der Waals surface area contributed by atoms with Crippen molar-refractivity contribution in [2.24, 2.45) is 5.73 Å². The lowest BCUT2D eigenvalue weighted by Gasteiger charge is -2.36. The van der Waals surface area contributed by atoms with Gasteiger partial charge in [-0.1, -0.05) is 6.42 Å². The van der Waals surface area contributed by atoms with Gasteiger partial charge in [0.25, 0.3) is 0 Å². The first kappa shape index (κ1) is 9.81. The monoisotopic (exact) mass is 200 g/mol. The molecule has 2 saturated carbocycles. The van der Waals surface area contributed by atoms with Gasteiger partial charge in [-0.2, -0.15) is 11.8 Å². The van der Waals surface area contributed by atoms with E-state index in [0.29, 0.717) is 6.04 Å². The van der Waals surface area contributed by atoms with Crippen LogP contribution in [0.2, 0.25) is 0 Å². The van der Waals surface area contributed by atoms with Gasteiger partial charge in [0, 0.05) is 23.4 Å². The van der Waals surface area contributed by atoms with E-state index in [1.165, 1.54) is 32.1 Å². The van der Waals surface area contributed by atoms with Crippen LogP contribution in [0.4, 0.5) is 0 Å². The molecule has 2 atom stereocenters. The van der Waals surface area contributed by atoms with Gasteiger partial charge in [-0.15, -0.1) is 0 Å². The van der Waals surface area contributed by atoms with Gasteiger partial charge in [-0.25, -0.2) is 0 Å². The van der Waals surface area contributed by atoms with Crippen molar-refractivity contribution in [1.82, 2.24) is 5.32 Å². The fourth-order valence-corrected chi connectivity index (χ4v) is 3.45. The molecule has 0 bridgehead atoms. The molecule has 3 heteroatoms. The van der Waals surface area contributed by atoms with Crippen molar-refractivity contribution < 1.29 is 0 Å². The van der Waals surface area contributed by atoms with Crippen LogP contribution in [-0.4, -0.2) is 29.6 Å². The van der Waals surface area contributed by atoms with E-state index in [4.69, 9.17) is 5.73 Å². The minimum absolute atomic E-state index is 0.478. The molecule has 13 heavy (non-hydrogen) atoms. The number of nitrogens with two attached hydrogens (primary N) is 1. The molecule has 2 unspecified atom stereocenters. The van der Waals surface area contributed by atoms with E-state index in [2.05, 4.69) is 11.6 Å². The average Bonchev–Trinajstić information content (AvgIpc) is 2.49. The summed E-state index contributed by atoms with van der Waals surface area (Å²) in [5.74, 6) is 0. The SMILES string of the molecule is CSC1CCCC1NC1CC(N)C1. The van der Waals surface area contributed by atoms with Crippen molar-refractivity contribution >= 4 is 11.8 Å². The summed E-state index contributed by atoms with van der Waals surface area (Å²) in [7, 11) is 0. The van der Waals surface area contributed by atoms with E-state index >= 15 is 0 Å². The van der Waals surface area contributed by atoms with Crippen molar-refractivity contribution in [2.75, 3.05) is 6.26 Å². The molecule has 2 rings (SSSR count). The van der Waals surface area contributed by atoms with E-state index < -0.39 is 0 Å². The van der Waals surface area contributed by atoms with Crippen LogP contribution >= 0.6 is 11.8 Å². The molecular weight excluding hydrogens is 180 g/mol. The topological polar surface area (TPSA) is 38.0 Å².